The summed E-state index contributed by atoms with van der Waals surface area (Å²) in [7, 11) is -3.37. The van der Waals surface area contributed by atoms with Crippen molar-refractivity contribution < 1.29 is 8.42 Å². The molecule has 1 saturated carbocycles. The molecular formula is C13H17N3O2S. The molecule has 0 aromatic heterocycles. The molecular weight excluding hydrogens is 262 g/mol. The van der Waals surface area contributed by atoms with Gasteiger partial charge in [0.2, 0.25) is 10.0 Å². The zero-order chi connectivity index (χ0) is 13.9. The summed E-state index contributed by atoms with van der Waals surface area (Å²) in [5.41, 5.74) is 7.03. The van der Waals surface area contributed by atoms with Crippen LogP contribution >= 0.6 is 0 Å². The second kappa shape index (κ2) is 5.70. The molecule has 6 heteroatoms. The fourth-order valence-electron chi connectivity index (χ4n) is 1.86. The van der Waals surface area contributed by atoms with E-state index >= 15 is 0 Å². The van der Waals surface area contributed by atoms with Crippen molar-refractivity contribution in [2.75, 3.05) is 6.54 Å². The van der Waals surface area contributed by atoms with Crippen LogP contribution in [0.2, 0.25) is 0 Å². The van der Waals surface area contributed by atoms with E-state index in [2.05, 4.69) is 4.72 Å². The van der Waals surface area contributed by atoms with Crippen LogP contribution in [-0.2, 0) is 15.8 Å². The third-order valence-electron chi connectivity index (χ3n) is 3.21. The molecule has 1 aromatic rings. The molecule has 1 fully saturated rings. The van der Waals surface area contributed by atoms with E-state index in [4.69, 9.17) is 11.0 Å². The Balaban J connectivity index is 1.90. The normalized spacial score (nSPS) is 16.8. The lowest BCUT2D eigenvalue weighted by Gasteiger charge is -2.12. The molecule has 1 atom stereocenters. The van der Waals surface area contributed by atoms with Gasteiger partial charge in [0.15, 0.2) is 0 Å². The van der Waals surface area contributed by atoms with Crippen LogP contribution in [0, 0.1) is 17.2 Å². The van der Waals surface area contributed by atoms with Crippen LogP contribution in [0.1, 0.15) is 24.0 Å². The molecule has 1 aliphatic rings. The Morgan fingerprint density at radius 1 is 1.37 bits per heavy atom. The van der Waals surface area contributed by atoms with Gasteiger partial charge in [0.1, 0.15) is 0 Å². The van der Waals surface area contributed by atoms with Gasteiger partial charge in [-0.2, -0.15) is 5.26 Å². The maximum absolute atomic E-state index is 11.9. The largest absolute Gasteiger partial charge is 0.326 e. The number of nitrogens with zero attached hydrogens (tertiary/aromatic N) is 1. The van der Waals surface area contributed by atoms with Gasteiger partial charge in [-0.05, 0) is 36.5 Å². The van der Waals surface area contributed by atoms with Crippen molar-refractivity contribution >= 4 is 10.0 Å². The summed E-state index contributed by atoms with van der Waals surface area (Å²) in [4.78, 5) is 0. The number of nitriles is 1. The first-order valence-electron chi connectivity index (χ1n) is 6.22. The van der Waals surface area contributed by atoms with Gasteiger partial charge in [0, 0.05) is 12.6 Å². The molecule has 0 aliphatic heterocycles. The first-order valence-corrected chi connectivity index (χ1v) is 7.87. The van der Waals surface area contributed by atoms with Crippen LogP contribution in [0.5, 0.6) is 0 Å². The Morgan fingerprint density at radius 2 is 2.00 bits per heavy atom. The average Bonchev–Trinajstić information content (AvgIpc) is 3.21. The average molecular weight is 279 g/mol. The topological polar surface area (TPSA) is 96.0 Å². The summed E-state index contributed by atoms with van der Waals surface area (Å²) in [6.07, 6.45) is 2.19. The maximum Gasteiger partial charge on any atom is 0.215 e. The Hall–Kier alpha value is -1.42. The van der Waals surface area contributed by atoms with E-state index in [1.54, 1.807) is 24.3 Å². The van der Waals surface area contributed by atoms with Crippen LogP contribution < -0.4 is 10.5 Å². The second-order valence-corrected chi connectivity index (χ2v) is 6.72. The number of rotatable bonds is 6. The van der Waals surface area contributed by atoms with Gasteiger partial charge in [-0.15, -0.1) is 0 Å². The molecule has 0 bridgehead atoms. The molecule has 1 aromatic carbocycles. The molecule has 2 rings (SSSR count). The lowest BCUT2D eigenvalue weighted by atomic mass is 10.2. The van der Waals surface area contributed by atoms with Gasteiger partial charge < -0.3 is 5.73 Å². The minimum atomic E-state index is -3.37. The summed E-state index contributed by atoms with van der Waals surface area (Å²) in [6, 6.07) is 8.43. The number of benzene rings is 1. The lowest BCUT2D eigenvalue weighted by Crippen LogP contribution is -2.39. The molecule has 0 heterocycles. The van der Waals surface area contributed by atoms with Gasteiger partial charge in [0.25, 0.3) is 0 Å². The minimum Gasteiger partial charge on any atom is -0.326 e. The van der Waals surface area contributed by atoms with Crippen LogP contribution in [0.15, 0.2) is 24.3 Å². The molecule has 1 aliphatic carbocycles. The zero-order valence-corrected chi connectivity index (χ0v) is 11.4. The SMILES string of the molecule is N#Cc1ccc(CS(=O)(=O)NCC(N)C2CC2)cc1. The smallest absolute Gasteiger partial charge is 0.215 e. The first-order chi connectivity index (χ1) is 9.00. The Kier molecular flexibility index (Phi) is 4.20. The van der Waals surface area contributed by atoms with Crippen molar-refractivity contribution in [2.24, 2.45) is 11.7 Å². The van der Waals surface area contributed by atoms with E-state index in [1.807, 2.05) is 6.07 Å². The quantitative estimate of drug-likeness (QED) is 0.801. The third-order valence-corrected chi connectivity index (χ3v) is 4.53. The molecule has 0 spiro atoms. The van der Waals surface area contributed by atoms with E-state index < -0.39 is 10.0 Å². The molecule has 0 radical (unpaired) electrons. The Morgan fingerprint density at radius 3 is 2.53 bits per heavy atom. The van der Waals surface area contributed by atoms with Gasteiger partial charge in [0.05, 0.1) is 17.4 Å². The van der Waals surface area contributed by atoms with E-state index in [9.17, 15) is 8.42 Å². The van der Waals surface area contributed by atoms with Crippen LogP contribution in [0.3, 0.4) is 0 Å². The summed E-state index contributed by atoms with van der Waals surface area (Å²) < 4.78 is 26.3. The molecule has 3 N–H and O–H groups in total. The minimum absolute atomic E-state index is 0.0872. The van der Waals surface area contributed by atoms with E-state index in [0.717, 1.165) is 12.8 Å². The van der Waals surface area contributed by atoms with Gasteiger partial charge in [-0.1, -0.05) is 12.1 Å². The fourth-order valence-corrected chi connectivity index (χ4v) is 3.04. The fraction of sp³-hybridized carbons (Fsp3) is 0.462. The first kappa shape index (κ1) is 14.0. The Bertz CT molecular complexity index is 571. The highest BCUT2D eigenvalue weighted by Crippen LogP contribution is 2.31. The number of hydrogen-bond donors (Lipinski definition) is 2. The highest BCUT2D eigenvalue weighted by Gasteiger charge is 2.29. The van der Waals surface area contributed by atoms with Crippen molar-refractivity contribution in [3.8, 4) is 6.07 Å². The molecule has 1 unspecified atom stereocenters. The molecule has 5 nitrogen and oxygen atoms in total. The zero-order valence-electron chi connectivity index (χ0n) is 10.5. The Labute approximate surface area is 113 Å². The summed E-state index contributed by atoms with van der Waals surface area (Å²) in [6.45, 7) is 0.295. The summed E-state index contributed by atoms with van der Waals surface area (Å²) in [5, 5.41) is 8.67. The van der Waals surface area contributed by atoms with E-state index in [-0.39, 0.29) is 11.8 Å². The predicted molar refractivity (Wildman–Crippen MR) is 72.5 cm³/mol. The van der Waals surface area contributed by atoms with Gasteiger partial charge >= 0.3 is 0 Å². The monoisotopic (exact) mass is 279 g/mol. The second-order valence-electron chi connectivity index (χ2n) is 4.92. The lowest BCUT2D eigenvalue weighted by molar-refractivity contribution is 0.547. The van der Waals surface area contributed by atoms with E-state index in [0.29, 0.717) is 23.6 Å². The van der Waals surface area contributed by atoms with Crippen molar-refractivity contribution in [3.63, 3.8) is 0 Å². The third kappa shape index (κ3) is 4.31. The predicted octanol–water partition coefficient (Wildman–Crippen LogP) is 0.715. The van der Waals surface area contributed by atoms with Crippen molar-refractivity contribution in [1.82, 2.24) is 4.72 Å². The standard InChI is InChI=1S/C13H17N3O2S/c14-7-10-1-3-11(4-2-10)9-19(17,18)16-8-13(15)12-5-6-12/h1-4,12-13,16H,5-6,8-9,15H2. The molecule has 0 saturated heterocycles. The van der Waals surface area contributed by atoms with Gasteiger partial charge in [-0.25, -0.2) is 13.1 Å². The number of nitrogens with two attached hydrogens (primary N) is 1. The number of sulfonamides is 1. The van der Waals surface area contributed by atoms with Crippen LogP contribution in [0.4, 0.5) is 0 Å². The maximum atomic E-state index is 11.9. The highest BCUT2D eigenvalue weighted by atomic mass is 32.2. The number of hydrogen-bond acceptors (Lipinski definition) is 4. The van der Waals surface area contributed by atoms with Crippen LogP contribution in [0.25, 0.3) is 0 Å². The van der Waals surface area contributed by atoms with E-state index in [1.165, 1.54) is 0 Å². The highest BCUT2D eigenvalue weighted by molar-refractivity contribution is 7.88. The van der Waals surface area contributed by atoms with Crippen LogP contribution in [-0.4, -0.2) is 21.0 Å². The molecule has 0 amide bonds. The molecule has 102 valence electrons. The van der Waals surface area contributed by atoms with Crippen molar-refractivity contribution in [2.45, 2.75) is 24.6 Å². The summed E-state index contributed by atoms with van der Waals surface area (Å²) >= 11 is 0. The van der Waals surface area contributed by atoms with Gasteiger partial charge in [-0.3, -0.25) is 0 Å². The van der Waals surface area contributed by atoms with Crippen molar-refractivity contribution in [1.29, 1.82) is 5.26 Å². The molecule has 19 heavy (non-hydrogen) atoms. The number of nitrogens with one attached hydrogen (secondary N) is 1. The van der Waals surface area contributed by atoms with Crippen molar-refractivity contribution in [3.05, 3.63) is 35.4 Å². The summed E-state index contributed by atoms with van der Waals surface area (Å²) in [5.74, 6) is 0.383.